The minimum Gasteiger partial charge on any atom is -0.375 e. The summed E-state index contributed by atoms with van der Waals surface area (Å²) in [6.07, 6.45) is 0. The Kier molecular flexibility index (Phi) is 3.86. The van der Waals surface area contributed by atoms with E-state index in [1.807, 2.05) is 0 Å². The Balaban J connectivity index is 2.24. The smallest absolute Gasteiger partial charge is 0.253 e. The summed E-state index contributed by atoms with van der Waals surface area (Å²) in [6, 6.07) is 1.72. The summed E-state index contributed by atoms with van der Waals surface area (Å²) in [6.45, 7) is 0.0486. The minimum atomic E-state index is -1.68. The molecular formula is C10H5BrF4N2S. The first-order chi connectivity index (χ1) is 8.49. The Morgan fingerprint density at radius 3 is 2.28 bits per heavy atom. The lowest BCUT2D eigenvalue weighted by Crippen LogP contribution is -2.08. The van der Waals surface area contributed by atoms with E-state index in [0.717, 1.165) is 9.35 Å². The van der Waals surface area contributed by atoms with E-state index in [-0.39, 0.29) is 6.54 Å². The van der Waals surface area contributed by atoms with Gasteiger partial charge in [0.2, 0.25) is 11.6 Å². The van der Waals surface area contributed by atoms with Crippen molar-refractivity contribution in [3.63, 3.8) is 0 Å². The second kappa shape index (κ2) is 5.23. The number of nitrogens with one attached hydrogen (secondary N) is 1. The second-order valence-electron chi connectivity index (χ2n) is 3.28. The molecule has 0 aromatic carbocycles. The topological polar surface area (TPSA) is 24.9 Å². The lowest BCUT2D eigenvalue weighted by molar-refractivity contribution is 0.410. The first-order valence-corrected chi connectivity index (χ1v) is 6.33. The van der Waals surface area contributed by atoms with E-state index in [9.17, 15) is 17.6 Å². The molecule has 96 valence electrons. The van der Waals surface area contributed by atoms with Crippen LogP contribution < -0.4 is 5.32 Å². The van der Waals surface area contributed by atoms with E-state index in [1.165, 1.54) is 11.3 Å². The van der Waals surface area contributed by atoms with Gasteiger partial charge < -0.3 is 5.32 Å². The molecular weight excluding hydrogens is 336 g/mol. The summed E-state index contributed by atoms with van der Waals surface area (Å²) in [5, 5.41) is 4.09. The zero-order valence-electron chi connectivity index (χ0n) is 8.61. The van der Waals surface area contributed by atoms with E-state index in [2.05, 4.69) is 26.2 Å². The van der Waals surface area contributed by atoms with Gasteiger partial charge in [0.15, 0.2) is 0 Å². The van der Waals surface area contributed by atoms with Crippen LogP contribution in [-0.4, -0.2) is 4.98 Å². The van der Waals surface area contributed by atoms with Crippen molar-refractivity contribution in [2.24, 2.45) is 0 Å². The van der Waals surface area contributed by atoms with Crippen molar-refractivity contribution in [2.45, 2.75) is 6.54 Å². The molecule has 2 heterocycles. The highest BCUT2D eigenvalue weighted by Gasteiger charge is 2.20. The van der Waals surface area contributed by atoms with Crippen molar-refractivity contribution >= 4 is 33.0 Å². The van der Waals surface area contributed by atoms with Crippen LogP contribution >= 0.6 is 27.3 Å². The fourth-order valence-corrected chi connectivity index (χ4v) is 2.65. The normalized spacial score (nSPS) is 10.7. The van der Waals surface area contributed by atoms with Gasteiger partial charge in [0.25, 0.3) is 11.9 Å². The van der Waals surface area contributed by atoms with Crippen LogP contribution in [0.5, 0.6) is 0 Å². The molecule has 0 fully saturated rings. The number of hydrogen-bond acceptors (Lipinski definition) is 3. The van der Waals surface area contributed by atoms with E-state index in [4.69, 9.17) is 0 Å². The molecule has 2 nitrogen and oxygen atoms in total. The number of anilines is 1. The summed E-state index contributed by atoms with van der Waals surface area (Å²) in [7, 11) is 0. The third kappa shape index (κ3) is 2.64. The third-order valence-electron chi connectivity index (χ3n) is 2.06. The molecule has 1 N–H and O–H groups in total. The van der Waals surface area contributed by atoms with E-state index < -0.39 is 29.2 Å². The van der Waals surface area contributed by atoms with Gasteiger partial charge in [-0.1, -0.05) is 0 Å². The van der Waals surface area contributed by atoms with Gasteiger partial charge in [-0.3, -0.25) is 0 Å². The molecule has 2 aromatic heterocycles. The number of aromatic nitrogens is 1. The second-order valence-corrected chi connectivity index (χ2v) is 5.19. The molecule has 0 unspecified atom stereocenters. The largest absolute Gasteiger partial charge is 0.375 e. The quantitative estimate of drug-likeness (QED) is 0.672. The Morgan fingerprint density at radius 1 is 1.17 bits per heavy atom. The van der Waals surface area contributed by atoms with Crippen molar-refractivity contribution in [1.82, 2.24) is 4.98 Å². The minimum absolute atomic E-state index is 0.0486. The van der Waals surface area contributed by atoms with Crippen molar-refractivity contribution in [2.75, 3.05) is 5.32 Å². The van der Waals surface area contributed by atoms with Gasteiger partial charge in [-0.05, 0) is 22.0 Å². The average molecular weight is 341 g/mol. The molecule has 0 aliphatic carbocycles. The van der Waals surface area contributed by atoms with Crippen LogP contribution in [-0.2, 0) is 6.54 Å². The molecule has 0 saturated carbocycles. The van der Waals surface area contributed by atoms with Crippen LogP contribution in [0.2, 0.25) is 0 Å². The van der Waals surface area contributed by atoms with Crippen molar-refractivity contribution in [3.8, 4) is 0 Å². The Labute approximate surface area is 112 Å². The van der Waals surface area contributed by atoms with E-state index in [0.29, 0.717) is 0 Å². The molecule has 0 spiro atoms. The molecule has 0 amide bonds. The zero-order valence-corrected chi connectivity index (χ0v) is 11.0. The van der Waals surface area contributed by atoms with E-state index in [1.54, 1.807) is 11.4 Å². The predicted octanol–water partition coefficient (Wildman–Crippen LogP) is 4.07. The molecule has 0 aliphatic rings. The first-order valence-electron chi connectivity index (χ1n) is 4.66. The predicted molar refractivity (Wildman–Crippen MR) is 63.4 cm³/mol. The summed E-state index contributed by atoms with van der Waals surface area (Å²) in [5.41, 5.74) is -0.857. The van der Waals surface area contributed by atoms with Crippen LogP contribution in [0.3, 0.4) is 0 Å². The maximum absolute atomic E-state index is 13.2. The van der Waals surface area contributed by atoms with E-state index >= 15 is 0 Å². The SMILES string of the molecule is Fc1nc(F)c(F)c(NCc2cc(Br)cs2)c1F. The lowest BCUT2D eigenvalue weighted by atomic mass is 10.3. The van der Waals surface area contributed by atoms with Gasteiger partial charge in [0.1, 0.15) is 5.69 Å². The maximum Gasteiger partial charge on any atom is 0.253 e. The molecule has 2 aromatic rings. The number of nitrogens with zero attached hydrogens (tertiary/aromatic N) is 1. The third-order valence-corrected chi connectivity index (χ3v) is 3.76. The molecule has 8 heteroatoms. The van der Waals surface area contributed by atoms with Crippen LogP contribution in [0.4, 0.5) is 23.2 Å². The highest BCUT2D eigenvalue weighted by molar-refractivity contribution is 9.10. The number of pyridine rings is 1. The van der Waals surface area contributed by atoms with Gasteiger partial charge in [0, 0.05) is 21.3 Å². The van der Waals surface area contributed by atoms with Gasteiger partial charge >= 0.3 is 0 Å². The fraction of sp³-hybridized carbons (Fsp3) is 0.100. The van der Waals surface area contributed by atoms with Crippen molar-refractivity contribution in [3.05, 3.63) is 44.3 Å². The van der Waals surface area contributed by atoms with Crippen molar-refractivity contribution in [1.29, 1.82) is 0 Å². The number of rotatable bonds is 3. The van der Waals surface area contributed by atoms with Gasteiger partial charge in [-0.25, -0.2) is 0 Å². The number of halogens is 5. The number of hydrogen-bond donors (Lipinski definition) is 1. The molecule has 0 radical (unpaired) electrons. The molecule has 0 saturated heterocycles. The maximum atomic E-state index is 13.2. The highest BCUT2D eigenvalue weighted by atomic mass is 79.9. The first kappa shape index (κ1) is 13.3. The summed E-state index contributed by atoms with van der Waals surface area (Å²) >= 11 is 4.55. The molecule has 0 atom stereocenters. The van der Waals surface area contributed by atoms with Crippen LogP contribution in [0.15, 0.2) is 15.9 Å². The molecule has 2 rings (SSSR count). The van der Waals surface area contributed by atoms with Crippen LogP contribution in [0.1, 0.15) is 4.88 Å². The zero-order chi connectivity index (χ0) is 13.3. The Bertz CT molecular complexity index is 561. The lowest BCUT2D eigenvalue weighted by Gasteiger charge is -2.08. The van der Waals surface area contributed by atoms with Crippen LogP contribution in [0.25, 0.3) is 0 Å². The molecule has 0 bridgehead atoms. The van der Waals surface area contributed by atoms with Gasteiger partial charge in [0.05, 0.1) is 0 Å². The Morgan fingerprint density at radius 2 is 1.78 bits per heavy atom. The average Bonchev–Trinajstić information content (AvgIpc) is 2.73. The molecule has 0 aliphatic heterocycles. The monoisotopic (exact) mass is 340 g/mol. The van der Waals surface area contributed by atoms with Crippen molar-refractivity contribution < 1.29 is 17.6 Å². The fourth-order valence-electron chi connectivity index (χ4n) is 1.26. The summed E-state index contributed by atoms with van der Waals surface area (Å²) in [4.78, 5) is 3.21. The Hall–Kier alpha value is -1.15. The van der Waals surface area contributed by atoms with Gasteiger partial charge in [-0.2, -0.15) is 22.5 Å². The number of thiophene rings is 1. The van der Waals surface area contributed by atoms with Crippen LogP contribution in [0, 0.1) is 23.5 Å². The summed E-state index contributed by atoms with van der Waals surface area (Å²) < 4.78 is 52.9. The van der Waals surface area contributed by atoms with Gasteiger partial charge in [-0.15, -0.1) is 11.3 Å². The standard InChI is InChI=1S/C10H5BrF4N2S/c11-4-1-5(18-3-4)2-16-8-6(12)9(14)17-10(15)7(8)13/h1,3H,2H2,(H,16,17). The highest BCUT2D eigenvalue weighted by Crippen LogP contribution is 2.25. The molecule has 18 heavy (non-hydrogen) atoms. The summed E-state index contributed by atoms with van der Waals surface area (Å²) in [5.74, 6) is -6.43.